The summed E-state index contributed by atoms with van der Waals surface area (Å²) in [6, 6.07) is 8.20. The molecule has 10 heteroatoms. The molecule has 0 saturated heterocycles. The largest absolute Gasteiger partial charge is 0.416 e. The molecule has 7 nitrogen and oxygen atoms in total. The predicted octanol–water partition coefficient (Wildman–Crippen LogP) is 4.63. The number of pyridine rings is 1. The number of benzene rings is 2. The first kappa shape index (κ1) is 22.1. The molecule has 0 bridgehead atoms. The van der Waals surface area contributed by atoms with E-state index in [4.69, 9.17) is 10.5 Å². The van der Waals surface area contributed by atoms with Crippen LogP contribution < -0.4 is 5.73 Å². The topological polar surface area (TPSA) is 86.3 Å². The Hall–Kier alpha value is -3.66. The molecule has 1 amide bonds. The van der Waals surface area contributed by atoms with Crippen LogP contribution in [-0.2, 0) is 18.0 Å². The monoisotopic (exact) mass is 469 g/mol. The van der Waals surface area contributed by atoms with Crippen LogP contribution in [0.1, 0.15) is 46.1 Å². The van der Waals surface area contributed by atoms with Gasteiger partial charge in [-0.25, -0.2) is 4.98 Å². The number of fused-ring (bicyclic) bond motifs is 4. The summed E-state index contributed by atoms with van der Waals surface area (Å²) in [5.41, 5.74) is 8.14. The van der Waals surface area contributed by atoms with Crippen molar-refractivity contribution < 1.29 is 22.7 Å². The summed E-state index contributed by atoms with van der Waals surface area (Å²) in [6.45, 7) is 1.89. The highest BCUT2D eigenvalue weighted by Crippen LogP contribution is 2.39. The average Bonchev–Trinajstić information content (AvgIpc) is 3.20. The van der Waals surface area contributed by atoms with Crippen molar-refractivity contribution in [2.45, 2.75) is 25.2 Å². The van der Waals surface area contributed by atoms with E-state index >= 15 is 0 Å². The smallest absolute Gasteiger partial charge is 0.382 e. The first-order valence-corrected chi connectivity index (χ1v) is 10.7. The van der Waals surface area contributed by atoms with Gasteiger partial charge in [-0.2, -0.15) is 18.3 Å². The quantitative estimate of drug-likeness (QED) is 0.463. The van der Waals surface area contributed by atoms with Gasteiger partial charge in [-0.3, -0.25) is 9.48 Å². The molecule has 0 spiro atoms. The third-order valence-corrected chi connectivity index (χ3v) is 6.46. The van der Waals surface area contributed by atoms with E-state index in [1.807, 2.05) is 0 Å². The number of carbonyl (C=O) groups excluding carboxylic acids is 1. The van der Waals surface area contributed by atoms with Gasteiger partial charge in [0.05, 0.1) is 36.0 Å². The molecule has 2 aromatic heterocycles. The number of alkyl halides is 3. The summed E-state index contributed by atoms with van der Waals surface area (Å²) in [5, 5.41) is 5.77. The van der Waals surface area contributed by atoms with Gasteiger partial charge in [0.1, 0.15) is 11.3 Å². The van der Waals surface area contributed by atoms with Gasteiger partial charge in [-0.15, -0.1) is 0 Å². The van der Waals surface area contributed by atoms with E-state index in [0.29, 0.717) is 33.5 Å². The Labute approximate surface area is 192 Å². The zero-order valence-electron chi connectivity index (χ0n) is 18.7. The number of carbonyl (C=O) groups is 1. The molecule has 0 unspecified atom stereocenters. The van der Waals surface area contributed by atoms with E-state index in [1.165, 1.54) is 11.0 Å². The molecular formula is C24H22F3N5O2. The van der Waals surface area contributed by atoms with Crippen LogP contribution in [0.5, 0.6) is 0 Å². The van der Waals surface area contributed by atoms with Crippen LogP contribution in [0.3, 0.4) is 0 Å². The number of aromatic nitrogens is 3. The number of hydrogen-bond donors (Lipinski definition) is 1. The second-order valence-corrected chi connectivity index (χ2v) is 8.51. The SMILES string of the molecule is C[C@H]1OC[C@H](N(C)C(=O)c2ccc3nc(N)c4c(cnn4C)c3c2)c2ccc(C(F)(F)F)cc21. The van der Waals surface area contributed by atoms with Crippen molar-refractivity contribution in [3.05, 3.63) is 64.8 Å². The molecule has 2 atom stereocenters. The van der Waals surface area contributed by atoms with Crippen LogP contribution in [-0.4, -0.2) is 39.2 Å². The van der Waals surface area contributed by atoms with E-state index in [0.717, 1.165) is 22.9 Å². The number of amides is 1. The lowest BCUT2D eigenvalue weighted by Gasteiger charge is -2.36. The van der Waals surface area contributed by atoms with Gasteiger partial charge in [0.15, 0.2) is 0 Å². The van der Waals surface area contributed by atoms with Crippen molar-refractivity contribution in [2.75, 3.05) is 19.4 Å². The molecule has 0 saturated carbocycles. The van der Waals surface area contributed by atoms with Crippen LogP contribution in [0, 0.1) is 0 Å². The molecule has 1 aliphatic heterocycles. The molecular weight excluding hydrogens is 447 g/mol. The first-order chi connectivity index (χ1) is 16.1. The van der Waals surface area contributed by atoms with Gasteiger partial charge in [0.25, 0.3) is 5.91 Å². The Balaban J connectivity index is 1.53. The molecule has 176 valence electrons. The molecule has 5 rings (SSSR count). The zero-order valence-corrected chi connectivity index (χ0v) is 18.7. The molecule has 2 aromatic carbocycles. The number of nitrogens with zero attached hydrogens (tertiary/aromatic N) is 4. The molecule has 0 aliphatic carbocycles. The van der Waals surface area contributed by atoms with Gasteiger partial charge in [-0.1, -0.05) is 6.07 Å². The van der Waals surface area contributed by atoms with Crippen LogP contribution in [0.25, 0.3) is 21.8 Å². The van der Waals surface area contributed by atoms with Crippen LogP contribution in [0.15, 0.2) is 42.6 Å². The van der Waals surface area contributed by atoms with Gasteiger partial charge in [-0.05, 0) is 48.4 Å². The fraction of sp³-hybridized carbons (Fsp3) is 0.292. The average molecular weight is 469 g/mol. The lowest BCUT2D eigenvalue weighted by atomic mass is 9.91. The van der Waals surface area contributed by atoms with Crippen molar-refractivity contribution in [1.82, 2.24) is 19.7 Å². The highest BCUT2D eigenvalue weighted by Gasteiger charge is 2.36. The molecule has 4 aromatic rings. The minimum absolute atomic E-state index is 0.181. The first-order valence-electron chi connectivity index (χ1n) is 10.7. The summed E-state index contributed by atoms with van der Waals surface area (Å²) in [5.74, 6) is 0.0618. The Morgan fingerprint density at radius 2 is 1.94 bits per heavy atom. The number of hydrogen-bond acceptors (Lipinski definition) is 5. The molecule has 3 heterocycles. The highest BCUT2D eigenvalue weighted by atomic mass is 19.4. The zero-order chi connectivity index (χ0) is 24.4. The van der Waals surface area contributed by atoms with E-state index in [9.17, 15) is 18.0 Å². The predicted molar refractivity (Wildman–Crippen MR) is 121 cm³/mol. The van der Waals surface area contributed by atoms with Crippen LogP contribution in [0.4, 0.5) is 19.0 Å². The van der Waals surface area contributed by atoms with E-state index in [2.05, 4.69) is 10.1 Å². The Morgan fingerprint density at radius 1 is 1.18 bits per heavy atom. The van der Waals surface area contributed by atoms with Crippen molar-refractivity contribution >= 4 is 33.5 Å². The van der Waals surface area contributed by atoms with Gasteiger partial charge in [0, 0.05) is 30.4 Å². The molecule has 34 heavy (non-hydrogen) atoms. The third-order valence-electron chi connectivity index (χ3n) is 6.46. The number of ether oxygens (including phenoxy) is 1. The third kappa shape index (κ3) is 3.45. The maximum absolute atomic E-state index is 13.4. The number of rotatable bonds is 2. The molecule has 0 fully saturated rings. The lowest BCUT2D eigenvalue weighted by molar-refractivity contribution is -0.137. The number of nitrogens with two attached hydrogens (primary N) is 1. The van der Waals surface area contributed by atoms with Crippen LogP contribution >= 0.6 is 0 Å². The van der Waals surface area contributed by atoms with E-state index in [1.54, 1.807) is 50.1 Å². The second kappa shape index (κ2) is 7.69. The molecule has 0 radical (unpaired) electrons. The van der Waals surface area contributed by atoms with E-state index < -0.39 is 23.9 Å². The summed E-state index contributed by atoms with van der Waals surface area (Å²) in [4.78, 5) is 19.4. The summed E-state index contributed by atoms with van der Waals surface area (Å²) in [6.07, 6.45) is -3.28. The minimum Gasteiger partial charge on any atom is -0.382 e. The normalized spacial score (nSPS) is 18.3. The van der Waals surface area contributed by atoms with Crippen molar-refractivity contribution in [2.24, 2.45) is 7.05 Å². The number of aryl methyl sites for hydroxylation is 1. The number of anilines is 1. The fourth-order valence-electron chi connectivity index (χ4n) is 4.59. The number of likely N-dealkylation sites (N-methyl/N-ethyl adjacent to an activating group) is 1. The number of halogens is 3. The second-order valence-electron chi connectivity index (χ2n) is 8.51. The maximum atomic E-state index is 13.4. The summed E-state index contributed by atoms with van der Waals surface area (Å²) in [7, 11) is 3.39. The van der Waals surface area contributed by atoms with Gasteiger partial charge >= 0.3 is 6.18 Å². The number of nitrogen functional groups attached to an aromatic ring is 1. The Kier molecular flexibility index (Phi) is 5.01. The van der Waals surface area contributed by atoms with Gasteiger partial charge < -0.3 is 15.4 Å². The fourth-order valence-corrected chi connectivity index (χ4v) is 4.59. The van der Waals surface area contributed by atoms with E-state index in [-0.39, 0.29) is 12.5 Å². The Bertz CT molecular complexity index is 1450. The molecule has 2 N–H and O–H groups in total. The summed E-state index contributed by atoms with van der Waals surface area (Å²) >= 11 is 0. The van der Waals surface area contributed by atoms with Crippen LogP contribution in [0.2, 0.25) is 0 Å². The summed E-state index contributed by atoms with van der Waals surface area (Å²) < 4.78 is 47.1. The molecule has 1 aliphatic rings. The van der Waals surface area contributed by atoms with Crippen molar-refractivity contribution in [3.8, 4) is 0 Å². The van der Waals surface area contributed by atoms with Gasteiger partial charge in [0.2, 0.25) is 0 Å². The standard InChI is InChI=1S/C24H22F3N5O2/c1-12-16-9-14(24(25,26)27)5-6-15(16)20(11-34-12)31(2)23(33)13-4-7-19-17(8-13)18-10-29-32(3)21(18)22(28)30-19/h4-10,12,20H,11H2,1-3H3,(H2,28,30)/t12-,20+/m1/s1. The van der Waals surface area contributed by atoms with Crippen molar-refractivity contribution in [1.29, 1.82) is 0 Å². The maximum Gasteiger partial charge on any atom is 0.416 e. The van der Waals surface area contributed by atoms with Crippen molar-refractivity contribution in [3.63, 3.8) is 0 Å². The highest BCUT2D eigenvalue weighted by molar-refractivity contribution is 6.10. The minimum atomic E-state index is -4.45. The Morgan fingerprint density at radius 3 is 2.68 bits per heavy atom. The lowest BCUT2D eigenvalue weighted by Crippen LogP contribution is -2.37.